The van der Waals surface area contributed by atoms with Crippen molar-refractivity contribution in [2.45, 2.75) is 19.9 Å². The highest BCUT2D eigenvalue weighted by Crippen LogP contribution is 2.30. The van der Waals surface area contributed by atoms with Crippen LogP contribution in [0.4, 0.5) is 4.39 Å². The highest BCUT2D eigenvalue weighted by molar-refractivity contribution is 7.07. The van der Waals surface area contributed by atoms with Gasteiger partial charge in [0, 0.05) is 0 Å². The van der Waals surface area contributed by atoms with Crippen molar-refractivity contribution in [2.75, 3.05) is 13.7 Å². The molecule has 2 heterocycles. The van der Waals surface area contributed by atoms with Crippen LogP contribution in [0, 0.1) is 5.82 Å². The molecule has 9 heteroatoms. The zero-order valence-corrected chi connectivity index (χ0v) is 19.5. The Labute approximate surface area is 198 Å². The van der Waals surface area contributed by atoms with E-state index in [4.69, 9.17) is 9.47 Å². The van der Waals surface area contributed by atoms with Crippen LogP contribution < -0.4 is 14.9 Å². The predicted molar refractivity (Wildman–Crippen MR) is 125 cm³/mol. The molecule has 1 aromatic heterocycles. The van der Waals surface area contributed by atoms with Gasteiger partial charge < -0.3 is 9.47 Å². The molecule has 1 aliphatic rings. The minimum atomic E-state index is -0.806. The van der Waals surface area contributed by atoms with Crippen LogP contribution in [0.3, 0.4) is 0 Å². The van der Waals surface area contributed by atoms with E-state index >= 15 is 0 Å². The van der Waals surface area contributed by atoms with Gasteiger partial charge in [0.25, 0.3) is 5.56 Å². The molecule has 34 heavy (non-hydrogen) atoms. The number of fused-ring (bicyclic) bond motifs is 1. The zero-order chi connectivity index (χ0) is 24.4. The second-order valence-corrected chi connectivity index (χ2v) is 8.48. The van der Waals surface area contributed by atoms with Crippen LogP contribution in [0.25, 0.3) is 6.08 Å². The lowest BCUT2D eigenvalue weighted by Gasteiger charge is -2.24. The fourth-order valence-corrected chi connectivity index (χ4v) is 4.78. The second kappa shape index (κ2) is 9.56. The summed E-state index contributed by atoms with van der Waals surface area (Å²) < 4.78 is 25.4. The minimum absolute atomic E-state index is 0.164. The van der Waals surface area contributed by atoms with E-state index in [1.165, 1.54) is 35.1 Å². The Hall–Kier alpha value is -3.85. The summed E-state index contributed by atoms with van der Waals surface area (Å²) in [6.07, 6.45) is 1.69. The molecule has 0 spiro atoms. The van der Waals surface area contributed by atoms with Crippen LogP contribution in [0.5, 0.6) is 0 Å². The highest BCUT2D eigenvalue weighted by atomic mass is 32.1. The maximum atomic E-state index is 13.6. The van der Waals surface area contributed by atoms with Gasteiger partial charge in [-0.1, -0.05) is 35.6 Å². The number of methoxy groups -OCH3 is 1. The number of benzene rings is 2. The van der Waals surface area contributed by atoms with E-state index in [-0.39, 0.29) is 17.7 Å². The average molecular weight is 481 g/mol. The van der Waals surface area contributed by atoms with Gasteiger partial charge in [0.2, 0.25) is 0 Å². The lowest BCUT2D eigenvalue weighted by Crippen LogP contribution is -2.39. The van der Waals surface area contributed by atoms with Gasteiger partial charge in [0.1, 0.15) is 5.82 Å². The summed E-state index contributed by atoms with van der Waals surface area (Å²) in [5.41, 5.74) is 1.99. The lowest BCUT2D eigenvalue weighted by molar-refractivity contribution is -0.139. The number of esters is 2. The molecule has 1 aliphatic heterocycles. The molecule has 0 saturated carbocycles. The minimum Gasteiger partial charge on any atom is -0.465 e. The molecule has 7 nitrogen and oxygen atoms in total. The van der Waals surface area contributed by atoms with Crippen LogP contribution in [0.1, 0.15) is 41.4 Å². The predicted octanol–water partition coefficient (Wildman–Crippen LogP) is 2.72. The van der Waals surface area contributed by atoms with E-state index in [2.05, 4.69) is 4.99 Å². The molecule has 0 bridgehead atoms. The summed E-state index contributed by atoms with van der Waals surface area (Å²) in [4.78, 5) is 42.9. The van der Waals surface area contributed by atoms with E-state index < -0.39 is 23.8 Å². The van der Waals surface area contributed by atoms with Crippen molar-refractivity contribution in [3.05, 3.63) is 102 Å². The Morgan fingerprint density at radius 2 is 1.79 bits per heavy atom. The Bertz CT molecular complexity index is 1470. The summed E-state index contributed by atoms with van der Waals surface area (Å²) in [6, 6.07) is 11.5. The third-order valence-corrected chi connectivity index (χ3v) is 6.32. The number of halogens is 1. The van der Waals surface area contributed by atoms with Gasteiger partial charge in [0.15, 0.2) is 4.80 Å². The monoisotopic (exact) mass is 480 g/mol. The number of thiazole rings is 1. The van der Waals surface area contributed by atoms with Gasteiger partial charge in [-0.3, -0.25) is 9.36 Å². The summed E-state index contributed by atoms with van der Waals surface area (Å²) in [5.74, 6) is -1.46. The Morgan fingerprint density at radius 1 is 1.12 bits per heavy atom. The van der Waals surface area contributed by atoms with Crippen LogP contribution in [-0.4, -0.2) is 30.2 Å². The molecule has 2 aromatic carbocycles. The standard InChI is InChI=1S/C25H21FN2O5S/c1-4-33-24(31)20-14(2)27-25-28(21(20)16-9-11-18(26)12-10-16)22(29)19(34-25)13-15-5-7-17(8-6-15)23(30)32-3/h5-13,21H,4H2,1-3H3/b19-13-/t21-/m0/s1. The van der Waals surface area contributed by atoms with Crippen LogP contribution in [0.15, 0.2) is 69.6 Å². The van der Waals surface area contributed by atoms with Crippen LogP contribution in [-0.2, 0) is 14.3 Å². The van der Waals surface area contributed by atoms with Crippen molar-refractivity contribution < 1.29 is 23.5 Å². The summed E-state index contributed by atoms with van der Waals surface area (Å²) in [7, 11) is 1.31. The van der Waals surface area contributed by atoms with Crippen LogP contribution in [0.2, 0.25) is 0 Å². The van der Waals surface area contributed by atoms with Gasteiger partial charge in [-0.2, -0.15) is 0 Å². The SMILES string of the molecule is CCOC(=O)C1=C(C)N=c2s/c(=C\c3ccc(C(=O)OC)cc3)c(=O)n2[C@H]1c1ccc(F)cc1. The first-order valence-corrected chi connectivity index (χ1v) is 11.3. The molecule has 0 saturated heterocycles. The normalized spacial score (nSPS) is 15.5. The van der Waals surface area contributed by atoms with Crippen molar-refractivity contribution in [3.8, 4) is 0 Å². The van der Waals surface area contributed by atoms with Gasteiger partial charge >= 0.3 is 11.9 Å². The van der Waals surface area contributed by atoms with Crippen molar-refractivity contribution >= 4 is 29.4 Å². The molecule has 3 aromatic rings. The number of ether oxygens (including phenoxy) is 2. The third kappa shape index (κ3) is 4.34. The molecule has 0 unspecified atom stereocenters. The van der Waals surface area contributed by atoms with E-state index in [0.717, 1.165) is 0 Å². The highest BCUT2D eigenvalue weighted by Gasteiger charge is 2.33. The fourth-order valence-electron chi connectivity index (χ4n) is 3.74. The molecule has 4 rings (SSSR count). The largest absolute Gasteiger partial charge is 0.465 e. The Balaban J connectivity index is 1.87. The molecular weight excluding hydrogens is 459 g/mol. The Kier molecular flexibility index (Phi) is 6.56. The smallest absolute Gasteiger partial charge is 0.338 e. The first-order chi connectivity index (χ1) is 16.3. The number of aromatic nitrogens is 1. The number of hydrogen-bond donors (Lipinski definition) is 0. The van der Waals surface area contributed by atoms with Crippen molar-refractivity contribution in [3.63, 3.8) is 0 Å². The lowest BCUT2D eigenvalue weighted by atomic mass is 9.96. The van der Waals surface area contributed by atoms with Crippen molar-refractivity contribution in [2.24, 2.45) is 4.99 Å². The van der Waals surface area contributed by atoms with Gasteiger partial charge in [-0.15, -0.1) is 0 Å². The molecule has 0 radical (unpaired) electrons. The topological polar surface area (TPSA) is 87.0 Å². The molecule has 0 N–H and O–H groups in total. The van der Waals surface area contributed by atoms with E-state index in [1.807, 2.05) is 0 Å². The number of hydrogen-bond acceptors (Lipinski definition) is 7. The fraction of sp³-hybridized carbons (Fsp3) is 0.200. The molecule has 0 amide bonds. The van der Waals surface area contributed by atoms with Gasteiger partial charge in [-0.05, 0) is 55.3 Å². The van der Waals surface area contributed by atoms with Gasteiger partial charge in [-0.25, -0.2) is 19.0 Å². The van der Waals surface area contributed by atoms with E-state index in [1.54, 1.807) is 56.3 Å². The van der Waals surface area contributed by atoms with Crippen molar-refractivity contribution in [1.29, 1.82) is 0 Å². The number of rotatable bonds is 5. The van der Waals surface area contributed by atoms with Gasteiger partial charge in [0.05, 0.1) is 41.1 Å². The number of allylic oxidation sites excluding steroid dienone is 1. The second-order valence-electron chi connectivity index (χ2n) is 7.47. The maximum Gasteiger partial charge on any atom is 0.338 e. The van der Waals surface area contributed by atoms with E-state index in [9.17, 15) is 18.8 Å². The van der Waals surface area contributed by atoms with E-state index in [0.29, 0.717) is 31.7 Å². The molecule has 0 aliphatic carbocycles. The number of carbonyl (C=O) groups excluding carboxylic acids is 2. The molecule has 174 valence electrons. The summed E-state index contributed by atoms with van der Waals surface area (Å²) in [6.45, 7) is 3.55. The Morgan fingerprint density at radius 3 is 2.41 bits per heavy atom. The molecular formula is C25H21FN2O5S. The van der Waals surface area contributed by atoms with Crippen molar-refractivity contribution in [1.82, 2.24) is 4.57 Å². The van der Waals surface area contributed by atoms with Crippen LogP contribution >= 0.6 is 11.3 Å². The quantitative estimate of drug-likeness (QED) is 0.524. The molecule has 0 fully saturated rings. The number of carbonyl (C=O) groups is 2. The first-order valence-electron chi connectivity index (χ1n) is 10.5. The first kappa shape index (κ1) is 23.3. The third-order valence-electron chi connectivity index (χ3n) is 5.33. The summed E-state index contributed by atoms with van der Waals surface area (Å²) in [5, 5.41) is 0. The summed E-state index contributed by atoms with van der Waals surface area (Å²) >= 11 is 1.18. The average Bonchev–Trinajstić information content (AvgIpc) is 3.13. The maximum absolute atomic E-state index is 13.6. The number of nitrogens with zero attached hydrogens (tertiary/aromatic N) is 2. The zero-order valence-electron chi connectivity index (χ0n) is 18.7. The molecule has 1 atom stereocenters.